The van der Waals surface area contributed by atoms with Crippen molar-refractivity contribution in [3.63, 3.8) is 0 Å². The molecule has 35 heavy (non-hydrogen) atoms. The number of imide groups is 1. The van der Waals surface area contributed by atoms with Crippen LogP contribution in [0.5, 0.6) is 0 Å². The number of amides is 3. The highest BCUT2D eigenvalue weighted by Crippen LogP contribution is 2.29. The highest BCUT2D eigenvalue weighted by atomic mass is 16.2. The lowest BCUT2D eigenvalue weighted by Gasteiger charge is -2.39. The molecule has 3 aliphatic rings. The van der Waals surface area contributed by atoms with Crippen molar-refractivity contribution in [3.8, 4) is 0 Å². The van der Waals surface area contributed by atoms with Gasteiger partial charge in [0.1, 0.15) is 5.54 Å². The molecular weight excluding hydrogens is 440 g/mol. The smallest absolute Gasteiger partial charge is 0.329 e. The molecule has 5 rings (SSSR count). The van der Waals surface area contributed by atoms with Gasteiger partial charge in [-0.1, -0.05) is 36.4 Å². The van der Waals surface area contributed by atoms with Gasteiger partial charge in [0.25, 0.3) is 5.91 Å². The Morgan fingerprint density at radius 3 is 1.51 bits per heavy atom. The summed E-state index contributed by atoms with van der Waals surface area (Å²) in [4.78, 5) is 39.1. The van der Waals surface area contributed by atoms with Crippen molar-refractivity contribution in [1.82, 2.24) is 19.6 Å². The summed E-state index contributed by atoms with van der Waals surface area (Å²) < 4.78 is 0. The second-order valence-electron chi connectivity index (χ2n) is 10.2. The normalized spacial score (nSPS) is 21.8. The van der Waals surface area contributed by atoms with Crippen LogP contribution in [0.4, 0.5) is 16.2 Å². The van der Waals surface area contributed by atoms with Crippen molar-refractivity contribution in [1.29, 1.82) is 0 Å². The number of anilines is 2. The molecule has 0 aliphatic carbocycles. The van der Waals surface area contributed by atoms with Crippen LogP contribution in [0.15, 0.2) is 60.7 Å². The fourth-order valence-corrected chi connectivity index (χ4v) is 5.25. The van der Waals surface area contributed by atoms with Gasteiger partial charge < -0.3 is 9.80 Å². The molecular formula is C27H36N6O2. The maximum atomic E-state index is 13.4. The minimum atomic E-state index is -0.834. The van der Waals surface area contributed by atoms with Gasteiger partial charge in [-0.25, -0.2) is 9.69 Å². The Hall–Kier alpha value is -3.10. The molecule has 2 aromatic carbocycles. The van der Waals surface area contributed by atoms with E-state index < -0.39 is 5.54 Å². The molecule has 3 saturated heterocycles. The van der Waals surface area contributed by atoms with Crippen molar-refractivity contribution < 1.29 is 9.59 Å². The average Bonchev–Trinajstić information content (AvgIpc) is 3.05. The van der Waals surface area contributed by atoms with Gasteiger partial charge in [0.05, 0.1) is 13.3 Å². The lowest BCUT2D eigenvalue weighted by molar-refractivity contribution is -0.133. The Labute approximate surface area is 208 Å². The number of hydrogen-bond donors (Lipinski definition) is 0. The second-order valence-corrected chi connectivity index (χ2v) is 10.2. The number of rotatable bonds is 6. The summed E-state index contributed by atoms with van der Waals surface area (Å²) in [6, 6.07) is 20.7. The maximum absolute atomic E-state index is 13.4. The summed E-state index contributed by atoms with van der Waals surface area (Å²) in [6.07, 6.45) is 0. The Morgan fingerprint density at radius 2 is 1.06 bits per heavy atom. The lowest BCUT2D eigenvalue weighted by atomic mass is 10.0. The fraction of sp³-hybridized carbons (Fsp3) is 0.481. The number of nitrogens with zero attached hydrogens (tertiary/aromatic N) is 6. The fourth-order valence-electron chi connectivity index (χ4n) is 5.25. The van der Waals surface area contributed by atoms with Crippen LogP contribution in [-0.2, 0) is 4.79 Å². The van der Waals surface area contributed by atoms with Crippen LogP contribution >= 0.6 is 0 Å². The minimum absolute atomic E-state index is 0.101. The van der Waals surface area contributed by atoms with Crippen LogP contribution in [0.25, 0.3) is 0 Å². The molecule has 0 N–H and O–H groups in total. The lowest BCUT2D eigenvalue weighted by Crippen LogP contribution is -2.54. The number of hydrogen-bond acceptors (Lipinski definition) is 6. The summed E-state index contributed by atoms with van der Waals surface area (Å²) in [5, 5.41) is 0. The predicted octanol–water partition coefficient (Wildman–Crippen LogP) is 2.59. The molecule has 8 nitrogen and oxygen atoms in total. The van der Waals surface area contributed by atoms with Gasteiger partial charge in [0, 0.05) is 63.7 Å². The SMILES string of the molecule is CC1(C)C(=O)N(CN2CCN(c3ccccc3)CC2)C(=O)N1CN1CCN(c2ccccc2)CC1. The first-order chi connectivity index (χ1) is 16.9. The Balaban J connectivity index is 1.16. The third kappa shape index (κ3) is 4.86. The molecule has 186 valence electrons. The van der Waals surface area contributed by atoms with Crippen LogP contribution in [-0.4, -0.2) is 103 Å². The average molecular weight is 477 g/mol. The van der Waals surface area contributed by atoms with Crippen LogP contribution in [0.2, 0.25) is 0 Å². The van der Waals surface area contributed by atoms with Gasteiger partial charge >= 0.3 is 6.03 Å². The number of benzene rings is 2. The minimum Gasteiger partial charge on any atom is -0.369 e. The summed E-state index contributed by atoms with van der Waals surface area (Å²) in [5.41, 5.74) is 1.62. The van der Waals surface area contributed by atoms with E-state index in [2.05, 4.69) is 68.1 Å². The van der Waals surface area contributed by atoms with E-state index in [0.29, 0.717) is 13.3 Å². The highest BCUT2D eigenvalue weighted by molar-refractivity contribution is 6.06. The van der Waals surface area contributed by atoms with E-state index in [1.807, 2.05) is 26.0 Å². The maximum Gasteiger partial charge on any atom is 0.329 e. The van der Waals surface area contributed by atoms with Gasteiger partial charge in [-0.3, -0.25) is 19.5 Å². The molecule has 2 aromatic rings. The standard InChI is InChI=1S/C27H36N6O2/c1-27(2)25(34)32(21-28-13-17-30(18-14-28)23-9-5-3-6-10-23)26(35)33(27)22-29-15-19-31(20-16-29)24-11-7-4-8-12-24/h3-12H,13-22H2,1-2H3. The van der Waals surface area contributed by atoms with Crippen molar-refractivity contribution >= 4 is 23.3 Å². The van der Waals surface area contributed by atoms with Crippen molar-refractivity contribution in [2.24, 2.45) is 0 Å². The van der Waals surface area contributed by atoms with Crippen LogP contribution in [0.3, 0.4) is 0 Å². The summed E-state index contributed by atoms with van der Waals surface area (Å²) in [6.45, 7) is 11.6. The van der Waals surface area contributed by atoms with Gasteiger partial charge in [0.2, 0.25) is 0 Å². The van der Waals surface area contributed by atoms with Crippen LogP contribution in [0, 0.1) is 0 Å². The van der Waals surface area contributed by atoms with E-state index in [0.717, 1.165) is 52.4 Å². The quantitative estimate of drug-likeness (QED) is 0.598. The van der Waals surface area contributed by atoms with Crippen molar-refractivity contribution in [3.05, 3.63) is 60.7 Å². The molecule has 0 spiro atoms. The topological polar surface area (TPSA) is 53.6 Å². The van der Waals surface area contributed by atoms with Crippen molar-refractivity contribution in [2.75, 3.05) is 75.5 Å². The second kappa shape index (κ2) is 9.87. The Kier molecular flexibility index (Phi) is 6.67. The molecule has 0 saturated carbocycles. The first-order valence-electron chi connectivity index (χ1n) is 12.6. The first kappa shape index (κ1) is 23.6. The third-order valence-corrected chi connectivity index (χ3v) is 7.58. The zero-order valence-electron chi connectivity index (χ0n) is 20.8. The van der Waals surface area contributed by atoms with Gasteiger partial charge in [0.15, 0.2) is 0 Å². The zero-order chi connectivity index (χ0) is 24.4. The number of carbonyl (C=O) groups is 2. The largest absolute Gasteiger partial charge is 0.369 e. The molecule has 0 bridgehead atoms. The molecule has 0 aromatic heterocycles. The molecule has 3 aliphatic heterocycles. The molecule has 3 fully saturated rings. The highest BCUT2D eigenvalue weighted by Gasteiger charge is 2.52. The van der Waals surface area contributed by atoms with Crippen LogP contribution < -0.4 is 9.80 Å². The van der Waals surface area contributed by atoms with Gasteiger partial charge in [-0.2, -0.15) is 0 Å². The summed E-state index contributed by atoms with van der Waals surface area (Å²) >= 11 is 0. The zero-order valence-corrected chi connectivity index (χ0v) is 20.8. The van der Waals surface area contributed by atoms with E-state index >= 15 is 0 Å². The predicted molar refractivity (Wildman–Crippen MR) is 138 cm³/mol. The van der Waals surface area contributed by atoms with E-state index in [4.69, 9.17) is 0 Å². The molecule has 0 unspecified atom stereocenters. The molecule has 8 heteroatoms. The first-order valence-corrected chi connectivity index (χ1v) is 12.6. The third-order valence-electron chi connectivity index (χ3n) is 7.58. The molecule has 3 amide bonds. The van der Waals surface area contributed by atoms with E-state index in [-0.39, 0.29) is 11.9 Å². The molecule has 0 radical (unpaired) electrons. The van der Waals surface area contributed by atoms with E-state index in [1.165, 1.54) is 16.3 Å². The van der Waals surface area contributed by atoms with E-state index in [1.54, 1.807) is 4.90 Å². The summed E-state index contributed by atoms with van der Waals surface area (Å²) in [5.74, 6) is -0.101. The van der Waals surface area contributed by atoms with Crippen molar-refractivity contribution in [2.45, 2.75) is 19.4 Å². The van der Waals surface area contributed by atoms with Crippen LogP contribution in [0.1, 0.15) is 13.8 Å². The molecule has 0 atom stereocenters. The Bertz CT molecular complexity index is 1010. The summed E-state index contributed by atoms with van der Waals surface area (Å²) in [7, 11) is 0. The number of urea groups is 1. The number of carbonyl (C=O) groups excluding carboxylic acids is 2. The number of para-hydroxylation sites is 2. The molecule has 3 heterocycles. The number of piperazine rings is 2. The van der Waals surface area contributed by atoms with Gasteiger partial charge in [-0.15, -0.1) is 0 Å². The van der Waals surface area contributed by atoms with E-state index in [9.17, 15) is 9.59 Å². The Morgan fingerprint density at radius 1 is 0.629 bits per heavy atom. The monoisotopic (exact) mass is 476 g/mol. The van der Waals surface area contributed by atoms with Gasteiger partial charge in [-0.05, 0) is 38.1 Å².